The van der Waals surface area contributed by atoms with E-state index in [1.165, 1.54) is 4.57 Å². The Labute approximate surface area is 175 Å². The summed E-state index contributed by atoms with van der Waals surface area (Å²) in [4.78, 5) is 44.9. The number of carbonyl (C=O) groups is 1. The summed E-state index contributed by atoms with van der Waals surface area (Å²) in [6, 6.07) is 1.55. The molecule has 9 heteroatoms. The van der Waals surface area contributed by atoms with Gasteiger partial charge in [-0.2, -0.15) is 0 Å². The van der Waals surface area contributed by atoms with Crippen LogP contribution in [0.15, 0.2) is 15.7 Å². The molecule has 1 atom stereocenters. The van der Waals surface area contributed by atoms with Gasteiger partial charge in [-0.1, -0.05) is 26.7 Å². The number of hydrogen-bond acceptors (Lipinski definition) is 5. The monoisotopic (exact) mass is 423 g/mol. The van der Waals surface area contributed by atoms with Gasteiger partial charge in [0, 0.05) is 30.7 Å². The molecule has 1 aliphatic rings. The lowest BCUT2D eigenvalue weighted by atomic mass is 10.1. The van der Waals surface area contributed by atoms with Crippen molar-refractivity contribution in [3.05, 3.63) is 38.2 Å². The maximum absolute atomic E-state index is 13.1. The van der Waals surface area contributed by atoms with Crippen LogP contribution in [0, 0.1) is 0 Å². The standard InChI is InChI=1S/C20H29N5O3.ClH/c1-3-5-6-13(11-21)22-18(26)14-10-15(12-7-8-12)23-17-16(14)19(27)24-20(28)25(17)9-4-2;/h10,12-13H,3-9,11,21H2,1-2H3,(H,22,26)(H,24,27,28);1H. The summed E-state index contributed by atoms with van der Waals surface area (Å²) in [7, 11) is 0. The molecule has 0 aromatic carbocycles. The third kappa shape index (κ3) is 5.05. The smallest absolute Gasteiger partial charge is 0.329 e. The minimum atomic E-state index is -0.579. The highest BCUT2D eigenvalue weighted by Gasteiger charge is 2.29. The summed E-state index contributed by atoms with van der Waals surface area (Å²) in [5.41, 5.74) is 6.08. The number of nitrogens with one attached hydrogen (secondary N) is 2. The van der Waals surface area contributed by atoms with Gasteiger partial charge in [-0.15, -0.1) is 12.4 Å². The lowest BCUT2D eigenvalue weighted by Crippen LogP contribution is -2.41. The van der Waals surface area contributed by atoms with Crippen molar-refractivity contribution in [1.29, 1.82) is 0 Å². The molecule has 0 bridgehead atoms. The van der Waals surface area contributed by atoms with Gasteiger partial charge in [0.05, 0.1) is 10.9 Å². The van der Waals surface area contributed by atoms with Gasteiger partial charge in [-0.3, -0.25) is 19.1 Å². The minimum Gasteiger partial charge on any atom is -0.348 e. The van der Waals surface area contributed by atoms with Crippen molar-refractivity contribution in [3.63, 3.8) is 0 Å². The highest BCUT2D eigenvalue weighted by atomic mass is 35.5. The number of fused-ring (bicyclic) bond motifs is 1. The van der Waals surface area contributed by atoms with Gasteiger partial charge in [0.15, 0.2) is 5.65 Å². The van der Waals surface area contributed by atoms with Crippen LogP contribution in [0.3, 0.4) is 0 Å². The quantitative estimate of drug-likeness (QED) is 0.569. The Morgan fingerprint density at radius 3 is 2.66 bits per heavy atom. The second-order valence-corrected chi connectivity index (χ2v) is 7.53. The Balaban J connectivity index is 0.00000300. The molecule has 0 aliphatic heterocycles. The summed E-state index contributed by atoms with van der Waals surface area (Å²) in [5, 5.41) is 3.13. The van der Waals surface area contributed by atoms with E-state index in [-0.39, 0.29) is 41.2 Å². The van der Waals surface area contributed by atoms with Crippen LogP contribution in [-0.2, 0) is 6.54 Å². The molecule has 1 aliphatic carbocycles. The molecule has 0 spiro atoms. The van der Waals surface area contributed by atoms with Gasteiger partial charge in [0.1, 0.15) is 0 Å². The van der Waals surface area contributed by atoms with Crippen molar-refractivity contribution in [2.75, 3.05) is 6.54 Å². The molecule has 2 aromatic heterocycles. The molecule has 8 nitrogen and oxygen atoms in total. The zero-order valence-electron chi connectivity index (χ0n) is 17.0. The molecule has 160 valence electrons. The van der Waals surface area contributed by atoms with Gasteiger partial charge in [0.25, 0.3) is 11.5 Å². The highest BCUT2D eigenvalue weighted by molar-refractivity contribution is 6.05. The van der Waals surface area contributed by atoms with E-state index < -0.39 is 11.2 Å². The third-order valence-corrected chi connectivity index (χ3v) is 5.18. The van der Waals surface area contributed by atoms with Crippen LogP contribution < -0.4 is 22.3 Å². The summed E-state index contributed by atoms with van der Waals surface area (Å²) in [6.07, 6.45) is 5.48. The first-order valence-corrected chi connectivity index (χ1v) is 10.2. The number of rotatable bonds is 9. The largest absolute Gasteiger partial charge is 0.348 e. The van der Waals surface area contributed by atoms with Crippen molar-refractivity contribution in [3.8, 4) is 0 Å². The molecule has 1 unspecified atom stereocenters. The number of pyridine rings is 1. The van der Waals surface area contributed by atoms with Crippen molar-refractivity contribution in [2.45, 2.75) is 70.9 Å². The average molecular weight is 424 g/mol. The number of hydrogen-bond donors (Lipinski definition) is 3. The number of aromatic nitrogens is 3. The maximum Gasteiger partial charge on any atom is 0.329 e. The van der Waals surface area contributed by atoms with E-state index >= 15 is 0 Å². The fourth-order valence-corrected chi connectivity index (χ4v) is 3.45. The third-order valence-electron chi connectivity index (χ3n) is 5.18. The second kappa shape index (κ2) is 10.0. The Morgan fingerprint density at radius 1 is 1.34 bits per heavy atom. The molecule has 2 aromatic rings. The lowest BCUT2D eigenvalue weighted by Gasteiger charge is -2.18. The number of amides is 1. The number of unbranched alkanes of at least 4 members (excludes halogenated alkanes) is 1. The van der Waals surface area contributed by atoms with E-state index in [2.05, 4.69) is 22.2 Å². The van der Waals surface area contributed by atoms with Crippen LogP contribution >= 0.6 is 12.4 Å². The number of nitrogens with two attached hydrogens (primary N) is 1. The van der Waals surface area contributed by atoms with Crippen LogP contribution in [0.4, 0.5) is 0 Å². The van der Waals surface area contributed by atoms with Crippen LogP contribution in [0.5, 0.6) is 0 Å². The number of aromatic amines is 1. The number of carbonyl (C=O) groups excluding carboxylic acids is 1. The average Bonchev–Trinajstić information content (AvgIpc) is 3.52. The van der Waals surface area contributed by atoms with E-state index in [1.807, 2.05) is 6.92 Å². The molecule has 4 N–H and O–H groups in total. The van der Waals surface area contributed by atoms with Crippen molar-refractivity contribution < 1.29 is 4.79 Å². The molecule has 1 amide bonds. The summed E-state index contributed by atoms with van der Waals surface area (Å²) >= 11 is 0. The molecule has 3 rings (SSSR count). The minimum absolute atomic E-state index is 0. The Morgan fingerprint density at radius 2 is 2.07 bits per heavy atom. The van der Waals surface area contributed by atoms with Crippen LogP contribution in [-0.4, -0.2) is 33.0 Å². The fourth-order valence-electron chi connectivity index (χ4n) is 3.45. The van der Waals surface area contributed by atoms with Gasteiger partial charge < -0.3 is 11.1 Å². The summed E-state index contributed by atoms with van der Waals surface area (Å²) in [5.74, 6) is -0.0566. The van der Waals surface area contributed by atoms with Crippen LogP contribution in [0.1, 0.15) is 74.3 Å². The molecule has 2 heterocycles. The van der Waals surface area contributed by atoms with Gasteiger partial charge in [-0.25, -0.2) is 9.78 Å². The van der Waals surface area contributed by atoms with Crippen LogP contribution in [0.25, 0.3) is 11.0 Å². The molecule has 0 radical (unpaired) electrons. The molecule has 1 saturated carbocycles. The lowest BCUT2D eigenvalue weighted by molar-refractivity contribution is 0.0937. The predicted octanol–water partition coefficient (Wildman–Crippen LogP) is 2.04. The van der Waals surface area contributed by atoms with E-state index in [4.69, 9.17) is 5.73 Å². The molecular weight excluding hydrogens is 394 g/mol. The Hall–Kier alpha value is -2.19. The predicted molar refractivity (Wildman–Crippen MR) is 116 cm³/mol. The van der Waals surface area contributed by atoms with Crippen molar-refractivity contribution >= 4 is 29.3 Å². The molecule has 0 saturated heterocycles. The summed E-state index contributed by atoms with van der Waals surface area (Å²) in [6.45, 7) is 4.79. The second-order valence-electron chi connectivity index (χ2n) is 7.53. The van der Waals surface area contributed by atoms with Crippen molar-refractivity contribution in [2.24, 2.45) is 5.73 Å². The van der Waals surface area contributed by atoms with E-state index in [0.717, 1.165) is 37.8 Å². The molecule has 1 fully saturated rings. The van der Waals surface area contributed by atoms with Gasteiger partial charge >= 0.3 is 5.69 Å². The molecule has 29 heavy (non-hydrogen) atoms. The Kier molecular flexibility index (Phi) is 7.98. The highest BCUT2D eigenvalue weighted by Crippen LogP contribution is 2.39. The first kappa shape index (κ1) is 23.1. The van der Waals surface area contributed by atoms with E-state index in [9.17, 15) is 14.4 Å². The number of H-pyrrole nitrogens is 1. The first-order chi connectivity index (χ1) is 13.5. The van der Waals surface area contributed by atoms with Gasteiger partial charge in [-0.05, 0) is 31.7 Å². The van der Waals surface area contributed by atoms with Crippen LogP contribution in [0.2, 0.25) is 0 Å². The zero-order chi connectivity index (χ0) is 20.3. The SMILES string of the molecule is CCCCC(CN)NC(=O)c1cc(C2CC2)nc2c1c(=O)[nH]c(=O)n2CCC.Cl. The van der Waals surface area contributed by atoms with E-state index in [0.29, 0.717) is 25.2 Å². The zero-order valence-corrected chi connectivity index (χ0v) is 17.8. The van der Waals surface area contributed by atoms with E-state index in [1.54, 1.807) is 6.07 Å². The topological polar surface area (TPSA) is 123 Å². The summed E-state index contributed by atoms with van der Waals surface area (Å²) < 4.78 is 1.46. The normalized spacial score (nSPS) is 14.4. The van der Waals surface area contributed by atoms with Crippen molar-refractivity contribution in [1.82, 2.24) is 19.9 Å². The number of aryl methyl sites for hydroxylation is 1. The number of nitrogens with zero attached hydrogens (tertiary/aromatic N) is 2. The van der Waals surface area contributed by atoms with Gasteiger partial charge in [0.2, 0.25) is 0 Å². The fraction of sp³-hybridized carbons (Fsp3) is 0.600. The molecular formula is C20H30ClN5O3. The maximum atomic E-state index is 13.1. The number of halogens is 1. The first-order valence-electron chi connectivity index (χ1n) is 10.2. The Bertz CT molecular complexity index is 980.